The number of thiazole rings is 1. The number of allylic oxidation sites excluding steroid dienone is 1. The molecule has 1 fully saturated rings. The molecule has 30 heavy (non-hydrogen) atoms. The summed E-state index contributed by atoms with van der Waals surface area (Å²) in [6.07, 6.45) is 8.26. The van der Waals surface area contributed by atoms with E-state index in [9.17, 15) is 0 Å². The molecule has 1 aromatic carbocycles. The minimum Gasteiger partial charge on any atom is -0.454 e. The van der Waals surface area contributed by atoms with E-state index in [-0.39, 0.29) is 12.2 Å². The lowest BCUT2D eigenvalue weighted by atomic mass is 9.97. The minimum absolute atomic E-state index is 0.0227. The number of nitrogens with zero attached hydrogens (tertiary/aromatic N) is 4. The largest absolute Gasteiger partial charge is 0.454 e. The van der Waals surface area contributed by atoms with Crippen molar-refractivity contribution in [1.82, 2.24) is 15.2 Å². The molecule has 2 atom stereocenters. The fourth-order valence-electron chi connectivity index (χ4n) is 4.46. The lowest BCUT2D eigenvalue weighted by Crippen LogP contribution is -2.42. The van der Waals surface area contributed by atoms with Gasteiger partial charge in [-0.3, -0.25) is 9.89 Å². The smallest absolute Gasteiger partial charge is 0.165 e. The summed E-state index contributed by atoms with van der Waals surface area (Å²) in [7, 11) is 0. The first-order chi connectivity index (χ1) is 14.8. The molecule has 3 aliphatic heterocycles. The standard InChI is InChI=1S/C23H23N5OS/c1-2-6-19-16(4-1)12-20(29-19)18-14-30-23(26-18)15-7-10-28(11-8-15)13-21-25-17-5-3-9-24-22(17)27-21/h1-6,9,12,14-15,17,22H,7-8,10-11,13H2,(H,25,27). The summed E-state index contributed by atoms with van der Waals surface area (Å²) in [5.74, 6) is 2.45. The van der Waals surface area contributed by atoms with Crippen molar-refractivity contribution in [3.05, 3.63) is 52.9 Å². The molecule has 3 aromatic rings. The highest BCUT2D eigenvalue weighted by Gasteiger charge is 2.29. The number of aromatic nitrogens is 1. The Morgan fingerprint density at radius 2 is 2.10 bits per heavy atom. The van der Waals surface area contributed by atoms with Crippen LogP contribution in [0.4, 0.5) is 0 Å². The summed E-state index contributed by atoms with van der Waals surface area (Å²) in [6.45, 7) is 3.02. The van der Waals surface area contributed by atoms with Crippen LogP contribution in [0.15, 0.2) is 62.3 Å². The number of rotatable bonds is 4. The van der Waals surface area contributed by atoms with Crippen molar-refractivity contribution in [1.29, 1.82) is 0 Å². The summed E-state index contributed by atoms with van der Waals surface area (Å²) in [4.78, 5) is 16.6. The molecular weight excluding hydrogens is 394 g/mol. The molecule has 6 nitrogen and oxygen atoms in total. The van der Waals surface area contributed by atoms with Crippen molar-refractivity contribution in [3.8, 4) is 11.5 Å². The molecule has 0 amide bonds. The van der Waals surface area contributed by atoms with Crippen molar-refractivity contribution in [3.63, 3.8) is 0 Å². The van der Waals surface area contributed by atoms with Crippen LogP contribution in [0.3, 0.4) is 0 Å². The molecule has 0 bridgehead atoms. The third-order valence-electron chi connectivity index (χ3n) is 6.10. The van der Waals surface area contributed by atoms with Gasteiger partial charge in [0.2, 0.25) is 0 Å². The number of nitrogens with one attached hydrogen (secondary N) is 1. The first kappa shape index (κ1) is 18.0. The fraction of sp³-hybridized carbons (Fsp3) is 0.348. The number of dihydropyridines is 1. The van der Waals surface area contributed by atoms with Crippen molar-refractivity contribution in [2.45, 2.75) is 31.0 Å². The molecule has 2 aromatic heterocycles. The van der Waals surface area contributed by atoms with Gasteiger partial charge in [-0.1, -0.05) is 24.3 Å². The van der Waals surface area contributed by atoms with Gasteiger partial charge < -0.3 is 9.73 Å². The second-order valence-corrected chi connectivity index (χ2v) is 9.00. The van der Waals surface area contributed by atoms with Gasteiger partial charge in [-0.25, -0.2) is 9.98 Å². The zero-order chi connectivity index (χ0) is 19.9. The number of amidine groups is 1. The first-order valence-corrected chi connectivity index (χ1v) is 11.4. The lowest BCUT2D eigenvalue weighted by molar-refractivity contribution is 0.237. The van der Waals surface area contributed by atoms with Gasteiger partial charge in [-0.15, -0.1) is 11.3 Å². The SMILES string of the molecule is C1=CC2NC(CN3CCC(c4nc(-c5cc6ccccc6o5)cs4)CC3)=NC2N=C1. The average molecular weight is 418 g/mol. The Bertz CT molecular complexity index is 1120. The number of likely N-dealkylation sites (tertiary alicyclic amines) is 1. The summed E-state index contributed by atoms with van der Waals surface area (Å²) in [6, 6.07) is 10.4. The normalized spacial score (nSPS) is 24.2. The van der Waals surface area contributed by atoms with Crippen LogP contribution in [-0.4, -0.2) is 53.8 Å². The molecule has 0 radical (unpaired) electrons. The molecule has 3 aliphatic rings. The Hall–Kier alpha value is -2.77. The molecule has 2 unspecified atom stereocenters. The third-order valence-corrected chi connectivity index (χ3v) is 7.10. The Labute approximate surface area is 179 Å². The van der Waals surface area contributed by atoms with Gasteiger partial charge in [-0.2, -0.15) is 0 Å². The molecular formula is C23H23N5OS. The van der Waals surface area contributed by atoms with Crippen LogP contribution in [0.5, 0.6) is 0 Å². The second kappa shape index (κ2) is 7.49. The van der Waals surface area contributed by atoms with Gasteiger partial charge in [0.05, 0.1) is 17.6 Å². The maximum atomic E-state index is 5.99. The van der Waals surface area contributed by atoms with Crippen molar-refractivity contribution < 1.29 is 4.42 Å². The van der Waals surface area contributed by atoms with E-state index in [0.717, 1.165) is 60.7 Å². The number of fused-ring (bicyclic) bond motifs is 2. The molecule has 7 heteroatoms. The zero-order valence-corrected chi connectivity index (χ0v) is 17.4. The van der Waals surface area contributed by atoms with Gasteiger partial charge in [-0.05, 0) is 44.1 Å². The second-order valence-electron chi connectivity index (χ2n) is 8.11. The third kappa shape index (κ3) is 3.38. The van der Waals surface area contributed by atoms with Crippen LogP contribution in [0.2, 0.25) is 0 Å². The number of piperidine rings is 1. The predicted molar refractivity (Wildman–Crippen MR) is 122 cm³/mol. The van der Waals surface area contributed by atoms with Gasteiger partial charge in [0.15, 0.2) is 11.9 Å². The Morgan fingerprint density at radius 3 is 2.97 bits per heavy atom. The van der Waals surface area contributed by atoms with E-state index in [1.54, 1.807) is 11.3 Å². The number of furan rings is 1. The number of para-hydroxylation sites is 1. The van der Waals surface area contributed by atoms with Crippen LogP contribution in [0, 0.1) is 0 Å². The zero-order valence-electron chi connectivity index (χ0n) is 16.6. The predicted octanol–water partition coefficient (Wildman–Crippen LogP) is 4.07. The van der Waals surface area contributed by atoms with Gasteiger partial charge in [0.25, 0.3) is 0 Å². The maximum absolute atomic E-state index is 5.99. The summed E-state index contributed by atoms with van der Waals surface area (Å²) in [5, 5.41) is 7.99. The number of aliphatic imine (C=N–C) groups is 2. The number of hydrogen-bond donors (Lipinski definition) is 1. The van der Waals surface area contributed by atoms with Crippen LogP contribution in [0.1, 0.15) is 23.8 Å². The Morgan fingerprint density at radius 1 is 1.20 bits per heavy atom. The van der Waals surface area contributed by atoms with Gasteiger partial charge in [0, 0.05) is 22.9 Å². The van der Waals surface area contributed by atoms with E-state index in [1.807, 2.05) is 30.5 Å². The highest BCUT2D eigenvalue weighted by atomic mass is 32.1. The topological polar surface area (TPSA) is 66.0 Å². The van der Waals surface area contributed by atoms with Gasteiger partial charge in [0.1, 0.15) is 17.1 Å². The van der Waals surface area contributed by atoms with Crippen molar-refractivity contribution in [2.24, 2.45) is 9.98 Å². The van der Waals surface area contributed by atoms with E-state index in [0.29, 0.717) is 5.92 Å². The average Bonchev–Trinajstić information content (AvgIpc) is 3.51. The van der Waals surface area contributed by atoms with E-state index >= 15 is 0 Å². The Kier molecular flexibility index (Phi) is 4.50. The van der Waals surface area contributed by atoms with E-state index < -0.39 is 0 Å². The van der Waals surface area contributed by atoms with Crippen molar-refractivity contribution in [2.75, 3.05) is 19.6 Å². The molecule has 0 saturated carbocycles. The van der Waals surface area contributed by atoms with Crippen LogP contribution < -0.4 is 5.32 Å². The highest BCUT2D eigenvalue weighted by molar-refractivity contribution is 7.10. The molecule has 152 valence electrons. The summed E-state index contributed by atoms with van der Waals surface area (Å²) >= 11 is 1.76. The maximum Gasteiger partial charge on any atom is 0.165 e. The number of benzene rings is 1. The molecule has 1 N–H and O–H groups in total. The van der Waals surface area contributed by atoms with E-state index in [4.69, 9.17) is 14.4 Å². The van der Waals surface area contributed by atoms with Gasteiger partial charge >= 0.3 is 0 Å². The minimum atomic E-state index is 0.0227. The van der Waals surface area contributed by atoms with Crippen LogP contribution in [-0.2, 0) is 0 Å². The van der Waals surface area contributed by atoms with Crippen molar-refractivity contribution >= 4 is 34.4 Å². The lowest BCUT2D eigenvalue weighted by Gasteiger charge is -2.31. The first-order valence-electron chi connectivity index (χ1n) is 10.5. The molecule has 1 saturated heterocycles. The van der Waals surface area contributed by atoms with Crippen LogP contribution in [0.25, 0.3) is 22.4 Å². The van der Waals surface area contributed by atoms with Crippen LogP contribution >= 0.6 is 11.3 Å². The van der Waals surface area contributed by atoms with E-state index in [2.05, 4.69) is 38.8 Å². The Balaban J connectivity index is 1.08. The monoisotopic (exact) mass is 417 g/mol. The fourth-order valence-corrected chi connectivity index (χ4v) is 5.44. The molecule has 0 spiro atoms. The highest BCUT2D eigenvalue weighted by Crippen LogP contribution is 2.34. The molecule has 0 aliphatic carbocycles. The summed E-state index contributed by atoms with van der Waals surface area (Å²) in [5.41, 5.74) is 1.87. The molecule has 5 heterocycles. The summed E-state index contributed by atoms with van der Waals surface area (Å²) < 4.78 is 5.99. The molecule has 6 rings (SSSR count). The quantitative estimate of drug-likeness (QED) is 0.695. The van der Waals surface area contributed by atoms with E-state index in [1.165, 1.54) is 5.01 Å². The number of hydrogen-bond acceptors (Lipinski definition) is 7.